The molecule has 5 nitrogen and oxygen atoms in total. The van der Waals surface area contributed by atoms with Gasteiger partial charge in [-0.15, -0.1) is 0 Å². The lowest BCUT2D eigenvalue weighted by Crippen LogP contribution is -2.15. The Morgan fingerprint density at radius 1 is 0.867 bits per heavy atom. The van der Waals surface area contributed by atoms with Crippen molar-refractivity contribution in [3.63, 3.8) is 0 Å². The highest BCUT2D eigenvalue weighted by Gasteiger charge is 2.11. The lowest BCUT2D eigenvalue weighted by Gasteiger charge is -2.13. The molecular formula is C24H23ClN2O3. The lowest BCUT2D eigenvalue weighted by molar-refractivity contribution is 0.101. The third kappa shape index (κ3) is 5.84. The highest BCUT2D eigenvalue weighted by molar-refractivity contribution is 6.31. The van der Waals surface area contributed by atoms with Crippen LogP contribution >= 0.6 is 11.6 Å². The number of anilines is 2. The molecule has 0 bridgehead atoms. The standard InChI is InChI=1S/C24H23ClN2O3/c1-3-16(2)30-22-12-10-17(11-13-22)23(28)26-20-8-4-6-18(14-20)24(29)27-21-9-5-7-19(25)15-21/h4-16H,3H2,1-2H3,(H,26,28)(H,27,29). The van der Waals surface area contributed by atoms with Gasteiger partial charge < -0.3 is 15.4 Å². The van der Waals surface area contributed by atoms with E-state index >= 15 is 0 Å². The monoisotopic (exact) mass is 422 g/mol. The van der Waals surface area contributed by atoms with Crippen molar-refractivity contribution in [1.82, 2.24) is 0 Å². The number of hydrogen-bond acceptors (Lipinski definition) is 3. The van der Waals surface area contributed by atoms with Crippen molar-refractivity contribution in [2.45, 2.75) is 26.4 Å². The van der Waals surface area contributed by atoms with E-state index in [1.165, 1.54) is 0 Å². The van der Waals surface area contributed by atoms with E-state index in [2.05, 4.69) is 17.6 Å². The summed E-state index contributed by atoms with van der Waals surface area (Å²) in [5, 5.41) is 6.14. The lowest BCUT2D eigenvalue weighted by atomic mass is 10.1. The first kappa shape index (κ1) is 21.4. The minimum Gasteiger partial charge on any atom is -0.491 e. The summed E-state index contributed by atoms with van der Waals surface area (Å²) >= 11 is 5.95. The molecule has 0 aliphatic carbocycles. The topological polar surface area (TPSA) is 67.4 Å². The summed E-state index contributed by atoms with van der Waals surface area (Å²) in [6, 6.07) is 20.6. The number of carbonyl (C=O) groups excluding carboxylic acids is 2. The average molecular weight is 423 g/mol. The van der Waals surface area contributed by atoms with Crippen LogP contribution in [0.3, 0.4) is 0 Å². The maximum Gasteiger partial charge on any atom is 0.255 e. The molecule has 6 heteroatoms. The number of hydrogen-bond donors (Lipinski definition) is 2. The summed E-state index contributed by atoms with van der Waals surface area (Å²) in [5.74, 6) is 0.165. The van der Waals surface area contributed by atoms with Gasteiger partial charge in [0.15, 0.2) is 0 Å². The maximum atomic E-state index is 12.5. The molecule has 0 spiro atoms. The third-order valence-corrected chi connectivity index (χ3v) is 4.73. The van der Waals surface area contributed by atoms with Crippen LogP contribution in [-0.4, -0.2) is 17.9 Å². The van der Waals surface area contributed by atoms with Crippen LogP contribution in [0.4, 0.5) is 11.4 Å². The largest absolute Gasteiger partial charge is 0.491 e. The first-order valence-electron chi connectivity index (χ1n) is 9.69. The summed E-state index contributed by atoms with van der Waals surface area (Å²) in [7, 11) is 0. The van der Waals surface area contributed by atoms with Crippen molar-refractivity contribution < 1.29 is 14.3 Å². The number of halogens is 1. The van der Waals surface area contributed by atoms with Gasteiger partial charge in [-0.2, -0.15) is 0 Å². The van der Waals surface area contributed by atoms with Crippen molar-refractivity contribution in [2.75, 3.05) is 10.6 Å². The molecule has 154 valence electrons. The molecule has 0 radical (unpaired) electrons. The minimum absolute atomic E-state index is 0.116. The molecule has 0 saturated carbocycles. The zero-order valence-corrected chi connectivity index (χ0v) is 17.6. The van der Waals surface area contributed by atoms with Crippen molar-refractivity contribution in [2.24, 2.45) is 0 Å². The smallest absolute Gasteiger partial charge is 0.255 e. The quantitative estimate of drug-likeness (QED) is 0.489. The van der Waals surface area contributed by atoms with Gasteiger partial charge in [0, 0.05) is 27.5 Å². The van der Waals surface area contributed by atoms with Gasteiger partial charge in [-0.1, -0.05) is 30.7 Å². The van der Waals surface area contributed by atoms with E-state index in [1.54, 1.807) is 72.8 Å². The maximum absolute atomic E-state index is 12.5. The molecule has 3 aromatic carbocycles. The van der Waals surface area contributed by atoms with Crippen LogP contribution in [0.1, 0.15) is 41.0 Å². The highest BCUT2D eigenvalue weighted by Crippen LogP contribution is 2.19. The van der Waals surface area contributed by atoms with Crippen LogP contribution < -0.4 is 15.4 Å². The summed E-state index contributed by atoms with van der Waals surface area (Å²) in [4.78, 5) is 25.0. The van der Waals surface area contributed by atoms with Gasteiger partial charge in [-0.25, -0.2) is 0 Å². The van der Waals surface area contributed by atoms with Gasteiger partial charge in [0.05, 0.1) is 6.10 Å². The number of benzene rings is 3. The van der Waals surface area contributed by atoms with Gasteiger partial charge in [-0.05, 0) is 74.0 Å². The Balaban J connectivity index is 1.65. The summed E-state index contributed by atoms with van der Waals surface area (Å²) < 4.78 is 5.73. The Labute approximate surface area is 181 Å². The molecule has 30 heavy (non-hydrogen) atoms. The predicted octanol–water partition coefficient (Wildman–Crippen LogP) is 6.02. The second-order valence-corrected chi connectivity index (χ2v) is 7.30. The third-order valence-electron chi connectivity index (χ3n) is 4.49. The first-order valence-corrected chi connectivity index (χ1v) is 10.1. The molecule has 1 unspecified atom stereocenters. The number of amides is 2. The van der Waals surface area contributed by atoms with Crippen LogP contribution in [0.15, 0.2) is 72.8 Å². The van der Waals surface area contributed by atoms with Crippen LogP contribution in [0, 0.1) is 0 Å². The van der Waals surface area contributed by atoms with Crippen molar-refractivity contribution in [1.29, 1.82) is 0 Å². The molecule has 2 amide bonds. The number of carbonyl (C=O) groups is 2. The molecule has 0 saturated heterocycles. The molecule has 3 aromatic rings. The van der Waals surface area contributed by atoms with Crippen LogP contribution in [-0.2, 0) is 0 Å². The Morgan fingerprint density at radius 3 is 2.10 bits per heavy atom. The number of nitrogens with one attached hydrogen (secondary N) is 2. The zero-order chi connectivity index (χ0) is 21.5. The Morgan fingerprint density at radius 2 is 1.47 bits per heavy atom. The molecule has 3 rings (SSSR count). The predicted molar refractivity (Wildman–Crippen MR) is 121 cm³/mol. The van der Waals surface area contributed by atoms with Crippen LogP contribution in [0.2, 0.25) is 5.02 Å². The van der Waals surface area contributed by atoms with E-state index in [9.17, 15) is 9.59 Å². The minimum atomic E-state index is -0.292. The molecule has 1 atom stereocenters. The molecule has 0 aliphatic heterocycles. The van der Waals surface area contributed by atoms with Crippen molar-refractivity contribution in [3.05, 3.63) is 88.9 Å². The van der Waals surface area contributed by atoms with Gasteiger partial charge in [0.1, 0.15) is 5.75 Å². The first-order chi connectivity index (χ1) is 14.4. The number of ether oxygens (including phenoxy) is 1. The van der Waals surface area contributed by atoms with Crippen molar-refractivity contribution >= 4 is 34.8 Å². The number of rotatable bonds is 7. The van der Waals surface area contributed by atoms with E-state index in [1.807, 2.05) is 6.92 Å². The Kier molecular flexibility index (Phi) is 7.09. The molecule has 0 fully saturated rings. The molecule has 0 heterocycles. The van der Waals surface area contributed by atoms with E-state index in [-0.39, 0.29) is 17.9 Å². The zero-order valence-electron chi connectivity index (χ0n) is 16.8. The van der Waals surface area contributed by atoms with Crippen LogP contribution in [0.5, 0.6) is 5.75 Å². The fraction of sp³-hybridized carbons (Fsp3) is 0.167. The van der Waals surface area contributed by atoms with Gasteiger partial charge in [0.2, 0.25) is 0 Å². The SMILES string of the molecule is CCC(C)Oc1ccc(C(=O)Nc2cccc(C(=O)Nc3cccc(Cl)c3)c2)cc1. The molecule has 0 aliphatic rings. The summed E-state index contributed by atoms with van der Waals surface area (Å²) in [5.41, 5.74) is 2.05. The van der Waals surface area contributed by atoms with Crippen molar-refractivity contribution in [3.8, 4) is 5.75 Å². The highest BCUT2D eigenvalue weighted by atomic mass is 35.5. The molecule has 2 N–H and O–H groups in total. The second kappa shape index (κ2) is 9.94. The van der Waals surface area contributed by atoms with E-state index < -0.39 is 0 Å². The van der Waals surface area contributed by atoms with Gasteiger partial charge in [-0.3, -0.25) is 9.59 Å². The Hall–Kier alpha value is -3.31. The van der Waals surface area contributed by atoms with E-state index in [4.69, 9.17) is 16.3 Å². The Bertz CT molecular complexity index is 1030. The fourth-order valence-corrected chi connectivity index (χ4v) is 2.90. The second-order valence-electron chi connectivity index (χ2n) is 6.86. The average Bonchev–Trinajstić information content (AvgIpc) is 2.74. The van der Waals surface area contributed by atoms with E-state index in [0.717, 1.165) is 12.2 Å². The molecule has 0 aromatic heterocycles. The fourth-order valence-electron chi connectivity index (χ4n) is 2.71. The normalized spacial score (nSPS) is 11.4. The van der Waals surface area contributed by atoms with Crippen LogP contribution in [0.25, 0.3) is 0 Å². The molecular weight excluding hydrogens is 400 g/mol. The summed E-state index contributed by atoms with van der Waals surface area (Å²) in [6.45, 7) is 4.05. The van der Waals surface area contributed by atoms with Gasteiger partial charge in [0.25, 0.3) is 11.8 Å². The van der Waals surface area contributed by atoms with E-state index in [0.29, 0.717) is 27.5 Å². The van der Waals surface area contributed by atoms with Gasteiger partial charge >= 0.3 is 0 Å². The summed E-state index contributed by atoms with van der Waals surface area (Å²) in [6.07, 6.45) is 1.02.